The highest BCUT2D eigenvalue weighted by Gasteiger charge is 2.37. The van der Waals surface area contributed by atoms with Crippen LogP contribution in [0.2, 0.25) is 0 Å². The van der Waals surface area contributed by atoms with Crippen LogP contribution in [0.1, 0.15) is 54.0 Å². The van der Waals surface area contributed by atoms with Crippen LogP contribution in [0.3, 0.4) is 0 Å². The first-order valence-corrected chi connectivity index (χ1v) is 10.2. The minimum absolute atomic E-state index is 0.0328. The number of carbonyl (C=O) groups excluding carboxylic acids is 2. The Morgan fingerprint density at radius 2 is 1.93 bits per heavy atom. The number of rotatable bonds is 8. The Morgan fingerprint density at radius 1 is 1.17 bits per heavy atom. The minimum atomic E-state index is -0.125. The largest absolute Gasteiger partial charge is 0.484 e. The Bertz CT molecular complexity index is 900. The summed E-state index contributed by atoms with van der Waals surface area (Å²) in [5.74, 6) is 3.46. The average Bonchev–Trinajstić information content (AvgIpc) is 3.63. The third-order valence-corrected chi connectivity index (χ3v) is 5.67. The molecule has 2 fully saturated rings. The van der Waals surface area contributed by atoms with E-state index >= 15 is 0 Å². The van der Waals surface area contributed by atoms with Crippen LogP contribution in [0, 0.1) is 5.92 Å². The van der Waals surface area contributed by atoms with Crippen molar-refractivity contribution in [2.75, 3.05) is 20.7 Å². The normalized spacial score (nSPS) is 20.2. The zero-order valence-corrected chi connectivity index (χ0v) is 17.3. The summed E-state index contributed by atoms with van der Waals surface area (Å²) in [6, 6.07) is 11.3. The molecule has 29 heavy (non-hydrogen) atoms. The molecule has 0 saturated heterocycles. The van der Waals surface area contributed by atoms with Crippen LogP contribution in [0.5, 0.6) is 5.75 Å². The predicted molar refractivity (Wildman–Crippen MR) is 109 cm³/mol. The van der Waals surface area contributed by atoms with E-state index in [1.165, 1.54) is 11.3 Å². The van der Waals surface area contributed by atoms with Crippen molar-refractivity contribution < 1.29 is 18.7 Å². The highest BCUT2D eigenvalue weighted by molar-refractivity contribution is 5.95. The standard InChI is InChI=1S/C23H28N2O4/c1-15-11-20(15)21-10-9-19(29-21)13-25(17-7-8-17)23(27)16-5-4-6-18(12-16)28-14-22(26)24(2)3/h4-6,9-10,12,15,17,20H,7-8,11,13-14H2,1-3H3/t15-,20+/m0/s1. The monoisotopic (exact) mass is 396 g/mol. The highest BCUT2D eigenvalue weighted by atomic mass is 16.5. The third-order valence-electron chi connectivity index (χ3n) is 5.67. The summed E-state index contributed by atoms with van der Waals surface area (Å²) in [5.41, 5.74) is 0.564. The predicted octanol–water partition coefficient (Wildman–Crippen LogP) is 3.67. The van der Waals surface area contributed by atoms with Crippen molar-refractivity contribution in [3.05, 3.63) is 53.5 Å². The SMILES string of the molecule is C[C@H]1C[C@H]1c1ccc(CN(C(=O)c2cccc(OCC(=O)N(C)C)c2)C2CC2)o1. The molecule has 2 aliphatic rings. The van der Waals surface area contributed by atoms with Crippen LogP contribution < -0.4 is 4.74 Å². The van der Waals surface area contributed by atoms with Gasteiger partial charge in [-0.3, -0.25) is 9.59 Å². The summed E-state index contributed by atoms with van der Waals surface area (Å²) in [7, 11) is 3.37. The summed E-state index contributed by atoms with van der Waals surface area (Å²) in [5, 5.41) is 0. The average molecular weight is 396 g/mol. The van der Waals surface area contributed by atoms with E-state index in [0.29, 0.717) is 29.7 Å². The summed E-state index contributed by atoms with van der Waals surface area (Å²) >= 11 is 0. The number of hydrogen-bond acceptors (Lipinski definition) is 4. The summed E-state index contributed by atoms with van der Waals surface area (Å²) in [6.45, 7) is 2.66. The molecule has 6 heteroatoms. The molecule has 0 N–H and O–H groups in total. The van der Waals surface area contributed by atoms with Gasteiger partial charge in [0.2, 0.25) is 0 Å². The highest BCUT2D eigenvalue weighted by Crippen LogP contribution is 2.47. The van der Waals surface area contributed by atoms with Crippen molar-refractivity contribution in [3.8, 4) is 5.75 Å². The van der Waals surface area contributed by atoms with E-state index in [0.717, 1.165) is 24.4 Å². The van der Waals surface area contributed by atoms with Gasteiger partial charge in [0.05, 0.1) is 6.54 Å². The molecule has 2 aromatic rings. The Morgan fingerprint density at radius 3 is 2.59 bits per heavy atom. The van der Waals surface area contributed by atoms with Crippen LogP contribution >= 0.6 is 0 Å². The Balaban J connectivity index is 1.44. The number of carbonyl (C=O) groups is 2. The quantitative estimate of drug-likeness (QED) is 0.683. The molecule has 2 amide bonds. The van der Waals surface area contributed by atoms with Gasteiger partial charge in [-0.15, -0.1) is 0 Å². The fraction of sp³-hybridized carbons (Fsp3) is 0.478. The number of ether oxygens (including phenoxy) is 1. The number of nitrogens with zero attached hydrogens (tertiary/aromatic N) is 2. The van der Waals surface area contributed by atoms with Crippen LogP contribution in [-0.2, 0) is 11.3 Å². The molecule has 1 aromatic heterocycles. The number of benzene rings is 1. The zero-order valence-electron chi connectivity index (χ0n) is 17.3. The van der Waals surface area contributed by atoms with Crippen LogP contribution in [-0.4, -0.2) is 48.4 Å². The topological polar surface area (TPSA) is 63.0 Å². The molecule has 0 spiro atoms. The molecule has 1 aromatic carbocycles. The fourth-order valence-electron chi connectivity index (χ4n) is 3.48. The first-order chi connectivity index (χ1) is 13.9. The molecular weight excluding hydrogens is 368 g/mol. The van der Waals surface area contributed by atoms with Gasteiger partial charge < -0.3 is 19.0 Å². The molecule has 2 aliphatic carbocycles. The molecule has 2 atom stereocenters. The Hall–Kier alpha value is -2.76. The molecule has 4 rings (SSSR count). The van der Waals surface area contributed by atoms with Crippen LogP contribution in [0.15, 0.2) is 40.8 Å². The second kappa shape index (κ2) is 7.93. The smallest absolute Gasteiger partial charge is 0.259 e. The molecule has 0 unspecified atom stereocenters. The number of amides is 2. The van der Waals surface area contributed by atoms with Gasteiger partial charge in [0, 0.05) is 31.6 Å². The Labute approximate surface area is 171 Å². The molecule has 1 heterocycles. The van der Waals surface area contributed by atoms with E-state index in [1.54, 1.807) is 38.4 Å². The molecule has 0 aliphatic heterocycles. The maximum atomic E-state index is 13.2. The van der Waals surface area contributed by atoms with Gasteiger partial charge in [-0.05, 0) is 55.5 Å². The first kappa shape index (κ1) is 19.6. The summed E-state index contributed by atoms with van der Waals surface area (Å²) < 4.78 is 11.6. The minimum Gasteiger partial charge on any atom is -0.484 e. The van der Waals surface area contributed by atoms with Crippen molar-refractivity contribution in [2.24, 2.45) is 5.92 Å². The lowest BCUT2D eigenvalue weighted by molar-refractivity contribution is -0.130. The van der Waals surface area contributed by atoms with Crippen molar-refractivity contribution in [1.82, 2.24) is 9.80 Å². The first-order valence-electron chi connectivity index (χ1n) is 10.2. The van der Waals surface area contributed by atoms with E-state index in [4.69, 9.17) is 9.15 Å². The van der Waals surface area contributed by atoms with Gasteiger partial charge in [-0.2, -0.15) is 0 Å². The number of hydrogen-bond donors (Lipinski definition) is 0. The Kier molecular flexibility index (Phi) is 5.35. The van der Waals surface area contributed by atoms with Gasteiger partial charge in [-0.25, -0.2) is 0 Å². The van der Waals surface area contributed by atoms with Gasteiger partial charge in [0.15, 0.2) is 6.61 Å². The lowest BCUT2D eigenvalue weighted by Gasteiger charge is -2.21. The summed E-state index contributed by atoms with van der Waals surface area (Å²) in [6.07, 6.45) is 3.22. The van der Waals surface area contributed by atoms with Crippen molar-refractivity contribution in [2.45, 2.75) is 44.7 Å². The summed E-state index contributed by atoms with van der Waals surface area (Å²) in [4.78, 5) is 28.3. The van der Waals surface area contributed by atoms with E-state index in [9.17, 15) is 9.59 Å². The second-order valence-corrected chi connectivity index (χ2v) is 8.39. The van der Waals surface area contributed by atoms with Crippen LogP contribution in [0.25, 0.3) is 0 Å². The van der Waals surface area contributed by atoms with E-state index in [1.807, 2.05) is 11.0 Å². The molecule has 6 nitrogen and oxygen atoms in total. The lowest BCUT2D eigenvalue weighted by atomic mass is 10.1. The van der Waals surface area contributed by atoms with Crippen molar-refractivity contribution in [3.63, 3.8) is 0 Å². The van der Waals surface area contributed by atoms with Crippen molar-refractivity contribution in [1.29, 1.82) is 0 Å². The molecule has 0 radical (unpaired) electrons. The molecule has 2 saturated carbocycles. The van der Waals surface area contributed by atoms with Gasteiger partial charge in [0.25, 0.3) is 11.8 Å². The van der Waals surface area contributed by atoms with Crippen molar-refractivity contribution >= 4 is 11.8 Å². The van der Waals surface area contributed by atoms with E-state index < -0.39 is 0 Å². The molecule has 154 valence electrons. The molecular formula is C23H28N2O4. The second-order valence-electron chi connectivity index (χ2n) is 8.39. The van der Waals surface area contributed by atoms with Crippen LogP contribution in [0.4, 0.5) is 0 Å². The third kappa shape index (κ3) is 4.63. The number of furan rings is 1. The van der Waals surface area contributed by atoms with Gasteiger partial charge >= 0.3 is 0 Å². The van der Waals surface area contributed by atoms with Gasteiger partial charge in [0.1, 0.15) is 17.3 Å². The molecule has 0 bridgehead atoms. The van der Waals surface area contributed by atoms with E-state index in [2.05, 4.69) is 13.0 Å². The number of likely N-dealkylation sites (N-methyl/N-ethyl adjacent to an activating group) is 1. The van der Waals surface area contributed by atoms with E-state index in [-0.39, 0.29) is 24.5 Å². The maximum absolute atomic E-state index is 13.2. The lowest BCUT2D eigenvalue weighted by Crippen LogP contribution is -2.32. The fourth-order valence-corrected chi connectivity index (χ4v) is 3.48. The maximum Gasteiger partial charge on any atom is 0.259 e. The van der Waals surface area contributed by atoms with Gasteiger partial charge in [-0.1, -0.05) is 13.0 Å². The zero-order chi connectivity index (χ0) is 20.5.